The van der Waals surface area contributed by atoms with E-state index in [0.717, 1.165) is 23.4 Å². The maximum absolute atomic E-state index is 12.1. The van der Waals surface area contributed by atoms with E-state index in [1.54, 1.807) is 12.1 Å². The number of benzene rings is 1. The molecule has 1 aromatic carbocycles. The van der Waals surface area contributed by atoms with Crippen molar-refractivity contribution >= 4 is 40.4 Å². The number of carbonyl (C=O) groups excluding carboxylic acids is 1. The first-order valence-electron chi connectivity index (χ1n) is 8.55. The van der Waals surface area contributed by atoms with Crippen molar-refractivity contribution in [1.82, 2.24) is 15.7 Å². The number of hydrogen-bond donors (Lipinski definition) is 3. The van der Waals surface area contributed by atoms with Gasteiger partial charge in [-0.25, -0.2) is 0 Å². The summed E-state index contributed by atoms with van der Waals surface area (Å²) in [7, 11) is 1.90. The number of hydroxylamine groups is 1. The number of thiophene rings is 1. The fraction of sp³-hybridized carbons (Fsp3) is 0.263. The van der Waals surface area contributed by atoms with E-state index in [1.165, 1.54) is 11.3 Å². The minimum atomic E-state index is -0.261. The topological polar surface area (TPSA) is 77.5 Å². The van der Waals surface area contributed by atoms with Crippen molar-refractivity contribution in [3.63, 3.8) is 0 Å². The lowest BCUT2D eigenvalue weighted by Crippen LogP contribution is -2.31. The summed E-state index contributed by atoms with van der Waals surface area (Å²) in [5.74, 6) is 0.322. The maximum atomic E-state index is 12.1. The standard InChI is InChI=1S/C19H21ClN4O2S/c1-3-24(2)18(21)13-6-4-12(5-7-13)15-10-14(26-23-15)11-22-19(25)16-8-9-17(20)27-16/h4-10,14,21,23H,3,11H2,1-2H3,(H,22,25). The van der Waals surface area contributed by atoms with Gasteiger partial charge in [-0.05, 0) is 30.7 Å². The van der Waals surface area contributed by atoms with Gasteiger partial charge in [-0.1, -0.05) is 35.9 Å². The summed E-state index contributed by atoms with van der Waals surface area (Å²) in [4.78, 5) is 20.0. The van der Waals surface area contributed by atoms with Crippen LogP contribution in [0, 0.1) is 5.41 Å². The highest BCUT2D eigenvalue weighted by Gasteiger charge is 2.19. The van der Waals surface area contributed by atoms with Crippen LogP contribution in [0.3, 0.4) is 0 Å². The van der Waals surface area contributed by atoms with Crippen molar-refractivity contribution in [1.29, 1.82) is 5.41 Å². The van der Waals surface area contributed by atoms with Crippen LogP contribution in [0.1, 0.15) is 27.7 Å². The molecule has 1 amide bonds. The number of amidine groups is 1. The zero-order valence-electron chi connectivity index (χ0n) is 15.1. The first-order chi connectivity index (χ1) is 13.0. The van der Waals surface area contributed by atoms with Crippen LogP contribution in [0.15, 0.2) is 42.5 Å². The third-order valence-corrected chi connectivity index (χ3v) is 5.49. The number of amides is 1. The van der Waals surface area contributed by atoms with Crippen LogP contribution in [-0.2, 0) is 4.84 Å². The molecule has 0 aliphatic carbocycles. The van der Waals surface area contributed by atoms with Gasteiger partial charge >= 0.3 is 0 Å². The zero-order valence-corrected chi connectivity index (χ0v) is 16.7. The molecule has 3 N–H and O–H groups in total. The monoisotopic (exact) mass is 404 g/mol. The number of nitrogens with one attached hydrogen (secondary N) is 3. The third-order valence-electron chi connectivity index (χ3n) is 4.26. The lowest BCUT2D eigenvalue weighted by molar-refractivity contribution is 0.0499. The Kier molecular flexibility index (Phi) is 6.15. The molecule has 6 nitrogen and oxygen atoms in total. The third kappa shape index (κ3) is 4.68. The van der Waals surface area contributed by atoms with E-state index >= 15 is 0 Å². The Morgan fingerprint density at radius 1 is 1.33 bits per heavy atom. The number of nitrogens with zero attached hydrogens (tertiary/aromatic N) is 1. The lowest BCUT2D eigenvalue weighted by atomic mass is 10.1. The van der Waals surface area contributed by atoms with E-state index < -0.39 is 0 Å². The first-order valence-corrected chi connectivity index (χ1v) is 9.75. The van der Waals surface area contributed by atoms with Crippen molar-refractivity contribution < 1.29 is 9.63 Å². The largest absolute Gasteiger partial charge is 0.360 e. The molecule has 3 rings (SSSR count). The second-order valence-corrected chi connectivity index (χ2v) is 7.81. The second-order valence-electron chi connectivity index (χ2n) is 6.09. The molecular formula is C19H21ClN4O2S. The number of hydrogen-bond acceptors (Lipinski definition) is 5. The van der Waals surface area contributed by atoms with Crippen molar-refractivity contribution in [3.05, 3.63) is 62.8 Å². The van der Waals surface area contributed by atoms with E-state index in [-0.39, 0.29) is 12.0 Å². The summed E-state index contributed by atoms with van der Waals surface area (Å²) in [5.41, 5.74) is 5.57. The Balaban J connectivity index is 1.58. The molecule has 2 aromatic rings. The predicted molar refractivity (Wildman–Crippen MR) is 109 cm³/mol. The van der Waals surface area contributed by atoms with Gasteiger partial charge in [0, 0.05) is 19.2 Å². The van der Waals surface area contributed by atoms with Gasteiger partial charge in [0.05, 0.1) is 21.5 Å². The smallest absolute Gasteiger partial charge is 0.261 e. The van der Waals surface area contributed by atoms with Gasteiger partial charge in [0.15, 0.2) is 0 Å². The molecule has 1 aromatic heterocycles. The number of halogens is 1. The van der Waals surface area contributed by atoms with Crippen LogP contribution in [0.2, 0.25) is 4.34 Å². The molecular weight excluding hydrogens is 384 g/mol. The average molecular weight is 405 g/mol. The van der Waals surface area contributed by atoms with Crippen LogP contribution < -0.4 is 10.8 Å². The van der Waals surface area contributed by atoms with E-state index in [0.29, 0.717) is 21.6 Å². The molecule has 1 unspecified atom stereocenters. The summed E-state index contributed by atoms with van der Waals surface area (Å²) < 4.78 is 0.586. The predicted octanol–water partition coefficient (Wildman–Crippen LogP) is 3.35. The quantitative estimate of drug-likeness (QED) is 0.509. The molecule has 0 saturated carbocycles. The number of rotatable bonds is 6. The Labute approximate surface area is 167 Å². The van der Waals surface area contributed by atoms with E-state index in [1.807, 2.05) is 49.2 Å². The Bertz CT molecular complexity index is 863. The Morgan fingerprint density at radius 3 is 2.70 bits per heavy atom. The molecule has 2 heterocycles. The average Bonchev–Trinajstić information content (AvgIpc) is 3.34. The van der Waals surface area contributed by atoms with E-state index in [9.17, 15) is 4.79 Å². The van der Waals surface area contributed by atoms with Crippen LogP contribution in [0.5, 0.6) is 0 Å². The van der Waals surface area contributed by atoms with Crippen LogP contribution in [0.25, 0.3) is 5.70 Å². The molecule has 142 valence electrons. The molecule has 0 spiro atoms. The lowest BCUT2D eigenvalue weighted by Gasteiger charge is -2.17. The Hall–Kier alpha value is -2.35. The van der Waals surface area contributed by atoms with Gasteiger partial charge in [0.25, 0.3) is 5.91 Å². The SMILES string of the molecule is CCN(C)C(=N)c1ccc(C2=CC(CNC(=O)c3ccc(Cl)s3)ON2)cc1. The molecule has 0 bridgehead atoms. The normalized spacial score (nSPS) is 15.8. The van der Waals surface area contributed by atoms with Gasteiger partial charge in [-0.2, -0.15) is 0 Å². The first kappa shape index (κ1) is 19.4. The van der Waals surface area contributed by atoms with E-state index in [2.05, 4.69) is 10.8 Å². The minimum Gasteiger partial charge on any atom is -0.360 e. The summed E-state index contributed by atoms with van der Waals surface area (Å²) in [5, 5.41) is 11.0. The summed E-state index contributed by atoms with van der Waals surface area (Å²) in [6, 6.07) is 11.1. The van der Waals surface area contributed by atoms with Crippen molar-refractivity contribution in [2.75, 3.05) is 20.1 Å². The molecule has 1 atom stereocenters. The molecule has 0 radical (unpaired) electrons. The van der Waals surface area contributed by atoms with Gasteiger partial charge < -0.3 is 10.2 Å². The van der Waals surface area contributed by atoms with Crippen LogP contribution in [0.4, 0.5) is 0 Å². The van der Waals surface area contributed by atoms with Crippen molar-refractivity contribution in [3.8, 4) is 0 Å². The summed E-state index contributed by atoms with van der Waals surface area (Å²) >= 11 is 7.10. The fourth-order valence-electron chi connectivity index (χ4n) is 2.55. The van der Waals surface area contributed by atoms with Gasteiger partial charge in [0.1, 0.15) is 11.9 Å². The highest BCUT2D eigenvalue weighted by Crippen LogP contribution is 2.22. The molecule has 0 fully saturated rings. The molecule has 0 saturated heterocycles. The zero-order chi connectivity index (χ0) is 19.4. The molecule has 1 aliphatic rings. The Morgan fingerprint density at radius 2 is 2.07 bits per heavy atom. The van der Waals surface area contributed by atoms with Crippen molar-refractivity contribution in [2.45, 2.75) is 13.0 Å². The van der Waals surface area contributed by atoms with Gasteiger partial charge in [0.2, 0.25) is 0 Å². The van der Waals surface area contributed by atoms with Crippen molar-refractivity contribution in [2.24, 2.45) is 0 Å². The van der Waals surface area contributed by atoms with Crippen LogP contribution in [-0.4, -0.2) is 42.9 Å². The van der Waals surface area contributed by atoms with Gasteiger partial charge in [-0.3, -0.25) is 20.5 Å². The second kappa shape index (κ2) is 8.56. The molecule has 8 heteroatoms. The highest BCUT2D eigenvalue weighted by molar-refractivity contribution is 7.17. The fourth-order valence-corrected chi connectivity index (χ4v) is 3.51. The van der Waals surface area contributed by atoms with E-state index in [4.69, 9.17) is 21.8 Å². The number of carbonyl (C=O) groups is 1. The molecule has 1 aliphatic heterocycles. The summed E-state index contributed by atoms with van der Waals surface area (Å²) in [6.07, 6.45) is 1.67. The summed E-state index contributed by atoms with van der Waals surface area (Å²) in [6.45, 7) is 3.15. The highest BCUT2D eigenvalue weighted by atomic mass is 35.5. The maximum Gasteiger partial charge on any atom is 0.261 e. The molecule has 27 heavy (non-hydrogen) atoms. The van der Waals surface area contributed by atoms with Gasteiger partial charge in [-0.15, -0.1) is 11.3 Å². The van der Waals surface area contributed by atoms with Crippen LogP contribution >= 0.6 is 22.9 Å². The minimum absolute atomic E-state index is 0.166.